The molecule has 0 radical (unpaired) electrons. The van der Waals surface area contributed by atoms with Crippen molar-refractivity contribution in [2.45, 2.75) is 18.9 Å². The Morgan fingerprint density at radius 1 is 1.67 bits per heavy atom. The van der Waals surface area contributed by atoms with Crippen LogP contribution in [-0.4, -0.2) is 11.6 Å². The Balaban J connectivity index is 2.46. The van der Waals surface area contributed by atoms with Crippen molar-refractivity contribution < 1.29 is 0 Å². The Kier molecular flexibility index (Phi) is 2.00. The van der Waals surface area contributed by atoms with E-state index in [0.717, 1.165) is 0 Å². The Morgan fingerprint density at radius 2 is 2.42 bits per heavy atom. The molecule has 1 aromatic heterocycles. The Labute approximate surface area is 81.1 Å². The average molecular weight is 229 g/mol. The van der Waals surface area contributed by atoms with E-state index < -0.39 is 0 Å². The van der Waals surface area contributed by atoms with Gasteiger partial charge in [0, 0.05) is 19.3 Å². The van der Waals surface area contributed by atoms with E-state index in [1.54, 1.807) is 0 Å². The molecule has 66 valence electrons. The van der Waals surface area contributed by atoms with E-state index in [1.165, 1.54) is 28.6 Å². The minimum absolute atomic E-state index is 0.567. The number of rotatable bonds is 1. The van der Waals surface area contributed by atoms with E-state index in [2.05, 4.69) is 39.1 Å². The number of nitrogens with zero attached hydrogens (tertiary/aromatic N) is 1. The Hall–Kier alpha value is -0.280. The van der Waals surface area contributed by atoms with Crippen molar-refractivity contribution in [3.63, 3.8) is 0 Å². The van der Waals surface area contributed by atoms with E-state index in [0.29, 0.717) is 6.04 Å². The van der Waals surface area contributed by atoms with Gasteiger partial charge in [0.2, 0.25) is 0 Å². The molecule has 0 bridgehead atoms. The minimum atomic E-state index is 0.567. The second kappa shape index (κ2) is 2.89. The first-order chi connectivity index (χ1) is 5.74. The highest BCUT2D eigenvalue weighted by molar-refractivity contribution is 9.10. The Morgan fingerprint density at radius 3 is 3.08 bits per heavy atom. The molecule has 0 fully saturated rings. The number of hydrogen-bond donors (Lipinski definition) is 1. The van der Waals surface area contributed by atoms with E-state index in [9.17, 15) is 0 Å². The summed E-state index contributed by atoms with van der Waals surface area (Å²) in [7, 11) is 4.11. The molecule has 0 amide bonds. The maximum absolute atomic E-state index is 3.59. The molecule has 0 saturated heterocycles. The van der Waals surface area contributed by atoms with Crippen molar-refractivity contribution in [1.82, 2.24) is 9.88 Å². The predicted octanol–water partition coefficient (Wildman–Crippen LogP) is 1.99. The summed E-state index contributed by atoms with van der Waals surface area (Å²) in [5.74, 6) is 0. The van der Waals surface area contributed by atoms with Crippen molar-refractivity contribution in [1.29, 1.82) is 0 Å². The van der Waals surface area contributed by atoms with Gasteiger partial charge in [0.05, 0.1) is 4.60 Å². The van der Waals surface area contributed by atoms with Crippen LogP contribution in [0, 0.1) is 0 Å². The fourth-order valence-electron chi connectivity index (χ4n) is 1.97. The van der Waals surface area contributed by atoms with Gasteiger partial charge in [-0.25, -0.2) is 0 Å². The first-order valence-corrected chi connectivity index (χ1v) is 5.04. The summed E-state index contributed by atoms with van der Waals surface area (Å²) in [5, 5.41) is 3.33. The van der Waals surface area contributed by atoms with Crippen LogP contribution in [0.15, 0.2) is 10.8 Å². The Bertz CT molecular complexity index is 304. The zero-order valence-corrected chi connectivity index (χ0v) is 8.98. The quantitative estimate of drug-likeness (QED) is 0.779. The molecule has 1 atom stereocenters. The zero-order valence-electron chi connectivity index (χ0n) is 7.39. The molecule has 0 spiro atoms. The van der Waals surface area contributed by atoms with Crippen molar-refractivity contribution in [3.05, 3.63) is 21.9 Å². The van der Waals surface area contributed by atoms with Crippen LogP contribution in [0.2, 0.25) is 0 Å². The number of hydrogen-bond acceptors (Lipinski definition) is 1. The fraction of sp³-hybridized carbons (Fsp3) is 0.556. The number of aromatic nitrogens is 1. The maximum Gasteiger partial charge on any atom is 0.0879 e. The lowest BCUT2D eigenvalue weighted by molar-refractivity contribution is 0.585. The summed E-state index contributed by atoms with van der Waals surface area (Å²) in [4.78, 5) is 0. The van der Waals surface area contributed by atoms with Gasteiger partial charge in [-0.15, -0.1) is 0 Å². The summed E-state index contributed by atoms with van der Waals surface area (Å²) >= 11 is 3.59. The molecular weight excluding hydrogens is 216 g/mol. The van der Waals surface area contributed by atoms with Gasteiger partial charge in [-0.2, -0.15) is 0 Å². The standard InChI is InChI=1S/C9H13BrN2/c1-11-8-4-3-6-7(8)5-12(2)9(6)10/h5,8,11H,3-4H2,1-2H3. The number of aryl methyl sites for hydroxylation is 1. The van der Waals surface area contributed by atoms with Gasteiger partial charge in [-0.05, 0) is 46.9 Å². The highest BCUT2D eigenvalue weighted by atomic mass is 79.9. The van der Waals surface area contributed by atoms with E-state index >= 15 is 0 Å². The van der Waals surface area contributed by atoms with Crippen molar-refractivity contribution in [2.24, 2.45) is 7.05 Å². The van der Waals surface area contributed by atoms with Gasteiger partial charge in [0.25, 0.3) is 0 Å². The molecule has 2 rings (SSSR count). The molecule has 3 heteroatoms. The lowest BCUT2D eigenvalue weighted by atomic mass is 10.2. The molecular formula is C9H13BrN2. The second-order valence-electron chi connectivity index (χ2n) is 3.34. The molecule has 0 aliphatic heterocycles. The topological polar surface area (TPSA) is 17.0 Å². The van der Waals surface area contributed by atoms with Gasteiger partial charge in [0.15, 0.2) is 0 Å². The summed E-state index contributed by atoms with van der Waals surface area (Å²) in [6, 6.07) is 0.567. The first kappa shape index (κ1) is 8.32. The molecule has 2 nitrogen and oxygen atoms in total. The van der Waals surface area contributed by atoms with Crippen molar-refractivity contribution in [3.8, 4) is 0 Å². The van der Waals surface area contributed by atoms with Crippen LogP contribution in [0.1, 0.15) is 23.6 Å². The molecule has 1 aliphatic rings. The largest absolute Gasteiger partial charge is 0.345 e. The molecule has 12 heavy (non-hydrogen) atoms. The third kappa shape index (κ3) is 1.04. The number of fused-ring (bicyclic) bond motifs is 1. The molecule has 0 aromatic carbocycles. The summed E-state index contributed by atoms with van der Waals surface area (Å²) < 4.78 is 3.39. The van der Waals surface area contributed by atoms with Gasteiger partial charge < -0.3 is 9.88 Å². The first-order valence-electron chi connectivity index (χ1n) is 4.25. The van der Waals surface area contributed by atoms with Crippen LogP contribution < -0.4 is 5.32 Å². The maximum atomic E-state index is 3.59. The highest BCUT2D eigenvalue weighted by Gasteiger charge is 2.25. The smallest absolute Gasteiger partial charge is 0.0879 e. The molecule has 1 aromatic rings. The predicted molar refractivity (Wildman–Crippen MR) is 53.2 cm³/mol. The number of halogens is 1. The van der Waals surface area contributed by atoms with Gasteiger partial charge in [0.1, 0.15) is 0 Å². The molecule has 1 N–H and O–H groups in total. The van der Waals surface area contributed by atoms with Crippen LogP contribution in [0.25, 0.3) is 0 Å². The van der Waals surface area contributed by atoms with Gasteiger partial charge in [-0.3, -0.25) is 0 Å². The van der Waals surface area contributed by atoms with Crippen LogP contribution in [0.4, 0.5) is 0 Å². The van der Waals surface area contributed by atoms with Gasteiger partial charge >= 0.3 is 0 Å². The third-order valence-corrected chi connectivity index (χ3v) is 3.68. The van der Waals surface area contributed by atoms with Crippen LogP contribution >= 0.6 is 15.9 Å². The third-order valence-electron chi connectivity index (χ3n) is 2.65. The SMILES string of the molecule is CNC1CCc2c1cn(C)c2Br. The lowest BCUT2D eigenvalue weighted by Crippen LogP contribution is -2.12. The van der Waals surface area contributed by atoms with Crippen LogP contribution in [-0.2, 0) is 13.5 Å². The summed E-state index contributed by atoms with van der Waals surface area (Å²) in [6.45, 7) is 0. The average Bonchev–Trinajstić information content (AvgIpc) is 2.55. The summed E-state index contributed by atoms with van der Waals surface area (Å²) in [5.41, 5.74) is 2.95. The van der Waals surface area contributed by atoms with Gasteiger partial charge in [-0.1, -0.05) is 0 Å². The monoisotopic (exact) mass is 228 g/mol. The molecule has 0 saturated carbocycles. The second-order valence-corrected chi connectivity index (χ2v) is 4.10. The highest BCUT2D eigenvalue weighted by Crippen LogP contribution is 2.36. The molecule has 1 unspecified atom stereocenters. The van der Waals surface area contributed by atoms with Crippen molar-refractivity contribution in [2.75, 3.05) is 7.05 Å². The summed E-state index contributed by atoms with van der Waals surface area (Å²) in [6.07, 6.45) is 4.65. The van der Waals surface area contributed by atoms with E-state index in [1.807, 2.05) is 7.05 Å². The lowest BCUT2D eigenvalue weighted by Gasteiger charge is -2.06. The molecule has 1 heterocycles. The van der Waals surface area contributed by atoms with Crippen molar-refractivity contribution >= 4 is 15.9 Å². The molecule has 1 aliphatic carbocycles. The van der Waals surface area contributed by atoms with E-state index in [4.69, 9.17) is 0 Å². The normalized spacial score (nSPS) is 21.4. The van der Waals surface area contributed by atoms with E-state index in [-0.39, 0.29) is 0 Å². The zero-order chi connectivity index (χ0) is 8.72. The van der Waals surface area contributed by atoms with Crippen LogP contribution in [0.5, 0.6) is 0 Å². The fourth-order valence-corrected chi connectivity index (χ4v) is 2.50. The minimum Gasteiger partial charge on any atom is -0.345 e. The van der Waals surface area contributed by atoms with Crippen LogP contribution in [0.3, 0.4) is 0 Å². The number of nitrogens with one attached hydrogen (secondary N) is 1.